The van der Waals surface area contributed by atoms with Crippen LogP contribution in [0.15, 0.2) is 78.0 Å². The molecule has 3 aromatic rings. The van der Waals surface area contributed by atoms with Crippen LogP contribution in [-0.2, 0) is 11.3 Å². The van der Waals surface area contributed by atoms with E-state index in [9.17, 15) is 18.0 Å². The zero-order valence-corrected chi connectivity index (χ0v) is 19.6. The fourth-order valence-corrected chi connectivity index (χ4v) is 4.62. The Hall–Kier alpha value is -3.37. The molecule has 0 radical (unpaired) electrons. The number of nitrogens with one attached hydrogen (secondary N) is 2. The number of hydrogen-bond donors (Lipinski definition) is 3. The van der Waals surface area contributed by atoms with Crippen LogP contribution in [0.3, 0.4) is 0 Å². The highest BCUT2D eigenvalue weighted by Crippen LogP contribution is 2.39. The van der Waals surface area contributed by atoms with Crippen LogP contribution in [0, 0.1) is 5.92 Å². The molecule has 4 rings (SSSR count). The molecule has 0 bridgehead atoms. The first-order chi connectivity index (χ1) is 16.6. The van der Waals surface area contributed by atoms with E-state index >= 15 is 0 Å². The van der Waals surface area contributed by atoms with Crippen molar-refractivity contribution < 1.29 is 27.9 Å². The Morgan fingerprint density at radius 2 is 1.69 bits per heavy atom. The molecule has 1 amide bonds. The third-order valence-corrected chi connectivity index (χ3v) is 6.62. The second kappa shape index (κ2) is 11.9. The lowest BCUT2D eigenvalue weighted by Crippen LogP contribution is -2.30. The van der Waals surface area contributed by atoms with E-state index in [1.54, 1.807) is 24.5 Å². The van der Waals surface area contributed by atoms with Crippen LogP contribution < -0.4 is 10.6 Å². The summed E-state index contributed by atoms with van der Waals surface area (Å²) in [5.41, 5.74) is 3.99. The highest BCUT2D eigenvalue weighted by molar-refractivity contribution is 7.99. The topological polar surface area (TPSA) is 91.3 Å². The molecule has 1 aliphatic heterocycles. The first-order valence-electron chi connectivity index (χ1n) is 10.7. The Bertz CT molecular complexity index is 1140. The third-order valence-electron chi connectivity index (χ3n) is 5.25. The van der Waals surface area contributed by atoms with E-state index < -0.39 is 12.1 Å². The molecule has 2 atom stereocenters. The molecule has 2 unspecified atom stereocenters. The van der Waals surface area contributed by atoms with Gasteiger partial charge in [0.1, 0.15) is 0 Å². The molecule has 6 nitrogen and oxygen atoms in total. The second-order valence-corrected chi connectivity index (χ2v) is 8.94. The minimum Gasteiger partial charge on any atom is -0.475 e. The summed E-state index contributed by atoms with van der Waals surface area (Å²) in [6, 6.07) is 20.5. The Morgan fingerprint density at radius 3 is 2.31 bits per heavy atom. The number of aromatic nitrogens is 1. The van der Waals surface area contributed by atoms with Gasteiger partial charge >= 0.3 is 12.1 Å². The van der Waals surface area contributed by atoms with Crippen LogP contribution in [-0.4, -0.2) is 33.9 Å². The average molecular weight is 504 g/mol. The van der Waals surface area contributed by atoms with Gasteiger partial charge in [-0.25, -0.2) is 4.79 Å². The molecule has 184 valence electrons. The van der Waals surface area contributed by atoms with E-state index in [1.807, 2.05) is 23.9 Å². The molecule has 35 heavy (non-hydrogen) atoms. The number of nitrogens with zero attached hydrogens (tertiary/aromatic N) is 1. The van der Waals surface area contributed by atoms with Crippen molar-refractivity contribution >= 4 is 29.3 Å². The van der Waals surface area contributed by atoms with Gasteiger partial charge in [0.2, 0.25) is 0 Å². The number of fused-ring (bicyclic) bond motifs is 1. The van der Waals surface area contributed by atoms with Crippen LogP contribution in [0.5, 0.6) is 0 Å². The number of pyridine rings is 1. The second-order valence-electron chi connectivity index (χ2n) is 7.87. The molecule has 2 aromatic carbocycles. The summed E-state index contributed by atoms with van der Waals surface area (Å²) in [5, 5.41) is 13.8. The number of alkyl halides is 3. The van der Waals surface area contributed by atoms with Gasteiger partial charge in [-0.1, -0.05) is 37.3 Å². The Morgan fingerprint density at radius 1 is 1.06 bits per heavy atom. The van der Waals surface area contributed by atoms with Crippen LogP contribution in [0.25, 0.3) is 0 Å². The number of benzene rings is 2. The van der Waals surface area contributed by atoms with E-state index in [0.717, 1.165) is 18.0 Å². The summed E-state index contributed by atoms with van der Waals surface area (Å²) in [4.78, 5) is 26.4. The van der Waals surface area contributed by atoms with Crippen molar-refractivity contribution in [1.82, 2.24) is 10.3 Å². The SMILES string of the molecule is CC1CSc2ccccc2C1NCc1ccc(NC(=O)c2ccncc2)cc1.O=C(O)C(F)(F)F. The zero-order chi connectivity index (χ0) is 25.4. The van der Waals surface area contributed by atoms with E-state index in [0.29, 0.717) is 17.5 Å². The van der Waals surface area contributed by atoms with Crippen molar-refractivity contribution in [3.8, 4) is 0 Å². The van der Waals surface area contributed by atoms with Gasteiger partial charge in [-0.2, -0.15) is 13.2 Å². The molecule has 0 aliphatic carbocycles. The summed E-state index contributed by atoms with van der Waals surface area (Å²) < 4.78 is 31.7. The largest absolute Gasteiger partial charge is 0.490 e. The quantitative estimate of drug-likeness (QED) is 0.424. The van der Waals surface area contributed by atoms with Crippen molar-refractivity contribution in [3.63, 3.8) is 0 Å². The summed E-state index contributed by atoms with van der Waals surface area (Å²) >= 11 is 1.94. The number of carbonyl (C=O) groups excluding carboxylic acids is 1. The maximum absolute atomic E-state index is 12.2. The first kappa shape index (κ1) is 26.2. The fraction of sp³-hybridized carbons (Fsp3) is 0.240. The number of halogens is 3. The minimum atomic E-state index is -5.08. The van der Waals surface area contributed by atoms with Gasteiger partial charge in [0.15, 0.2) is 0 Å². The number of amides is 1. The number of thioether (sulfide) groups is 1. The Labute approximate surface area is 205 Å². The molecular weight excluding hydrogens is 479 g/mol. The molecule has 2 heterocycles. The lowest BCUT2D eigenvalue weighted by molar-refractivity contribution is -0.192. The van der Waals surface area contributed by atoms with Crippen molar-refractivity contribution in [2.24, 2.45) is 5.92 Å². The minimum absolute atomic E-state index is 0.126. The molecule has 0 spiro atoms. The summed E-state index contributed by atoms with van der Waals surface area (Å²) in [5.74, 6) is -1.17. The summed E-state index contributed by atoms with van der Waals surface area (Å²) in [6.07, 6.45) is -1.85. The predicted molar refractivity (Wildman–Crippen MR) is 128 cm³/mol. The first-order valence-corrected chi connectivity index (χ1v) is 11.7. The van der Waals surface area contributed by atoms with E-state index in [4.69, 9.17) is 9.90 Å². The molecule has 0 fully saturated rings. The monoisotopic (exact) mass is 503 g/mol. The maximum atomic E-state index is 12.2. The van der Waals surface area contributed by atoms with E-state index in [-0.39, 0.29) is 5.91 Å². The van der Waals surface area contributed by atoms with Crippen molar-refractivity contribution in [2.75, 3.05) is 11.1 Å². The highest BCUT2D eigenvalue weighted by Gasteiger charge is 2.38. The van der Waals surface area contributed by atoms with Gasteiger partial charge in [-0.05, 0) is 47.4 Å². The molecule has 3 N–H and O–H groups in total. The van der Waals surface area contributed by atoms with E-state index in [2.05, 4.69) is 58.9 Å². The van der Waals surface area contributed by atoms with Crippen LogP contribution in [0.1, 0.15) is 34.5 Å². The number of aliphatic carboxylic acids is 1. The molecular formula is C25H24F3N3O3S. The Kier molecular flexibility index (Phi) is 8.89. The van der Waals surface area contributed by atoms with Crippen molar-refractivity contribution in [2.45, 2.75) is 30.6 Å². The van der Waals surface area contributed by atoms with Gasteiger partial charge in [0, 0.05) is 46.9 Å². The van der Waals surface area contributed by atoms with Gasteiger partial charge in [0.05, 0.1) is 0 Å². The number of carboxylic acids is 1. The van der Waals surface area contributed by atoms with E-state index in [1.165, 1.54) is 16.0 Å². The third kappa shape index (κ3) is 7.56. The van der Waals surface area contributed by atoms with Gasteiger partial charge in [-0.15, -0.1) is 11.8 Å². The number of anilines is 1. The smallest absolute Gasteiger partial charge is 0.475 e. The molecule has 10 heteroatoms. The lowest BCUT2D eigenvalue weighted by Gasteiger charge is -2.31. The number of rotatable bonds is 5. The van der Waals surface area contributed by atoms with Crippen molar-refractivity contribution in [1.29, 1.82) is 0 Å². The molecule has 1 aliphatic rings. The van der Waals surface area contributed by atoms with Crippen LogP contribution in [0.4, 0.5) is 18.9 Å². The number of carbonyl (C=O) groups is 2. The highest BCUT2D eigenvalue weighted by atomic mass is 32.2. The van der Waals surface area contributed by atoms with Gasteiger partial charge < -0.3 is 15.7 Å². The fourth-order valence-electron chi connectivity index (χ4n) is 3.44. The normalized spacial score (nSPS) is 16.9. The van der Waals surface area contributed by atoms with Crippen molar-refractivity contribution in [3.05, 3.63) is 89.7 Å². The van der Waals surface area contributed by atoms with Crippen LogP contribution in [0.2, 0.25) is 0 Å². The number of hydrogen-bond acceptors (Lipinski definition) is 5. The lowest BCUT2D eigenvalue weighted by atomic mass is 9.95. The summed E-state index contributed by atoms with van der Waals surface area (Å²) in [6.45, 7) is 3.10. The number of carboxylic acid groups (broad SMARTS) is 1. The predicted octanol–water partition coefficient (Wildman–Crippen LogP) is 5.54. The van der Waals surface area contributed by atoms with Gasteiger partial charge in [-0.3, -0.25) is 9.78 Å². The van der Waals surface area contributed by atoms with Crippen LogP contribution >= 0.6 is 11.8 Å². The summed E-state index contributed by atoms with van der Waals surface area (Å²) in [7, 11) is 0. The Balaban J connectivity index is 0.000000429. The maximum Gasteiger partial charge on any atom is 0.490 e. The van der Waals surface area contributed by atoms with Gasteiger partial charge in [0.25, 0.3) is 5.91 Å². The average Bonchev–Trinajstić information content (AvgIpc) is 2.84. The zero-order valence-electron chi connectivity index (χ0n) is 18.8. The molecule has 0 saturated heterocycles. The molecule has 1 aromatic heterocycles. The standard InChI is InChI=1S/C23H23N3OS.C2HF3O2/c1-16-15-28-21-5-3-2-4-20(21)22(16)25-14-17-6-8-19(9-7-17)26-23(27)18-10-12-24-13-11-18;3-2(4,5)1(6)7/h2-13,16,22,25H,14-15H2,1H3,(H,26,27);(H,6,7). The molecule has 0 saturated carbocycles.